The average molecular weight is 895 g/mol. The topological polar surface area (TPSA) is 102 Å². The molecule has 344 valence electrons. The number of phenolic OH excluding ortho intramolecular Hbond substituents is 1. The molecule has 0 unspecified atom stereocenters. The zero-order chi connectivity index (χ0) is 46.1. The standard InChI is InChI=1S/C25H30F3N3O2.C23H26F3N3O2/c1-4-33-22-10-9-20(16(2)17(22)3)21-7-5-6-19-15-30(12-13-31(19)21)24(32)18-8-11-23(29-14-18)25(26,27)28;1-14-15(2)20(30)8-7-18(14)19-5-3-4-17-13-28(10-11-29(17)19)22(31)16-6-9-21(27-12-16)23(24,25)26/h8-11,14,19,21H,4-7,12-13,15H2,1-3H3;6-9,12,17,19,30H,3-5,10-11,13H2,1-2H3/t19-,21+;17-,19+/m00/s1. The van der Waals surface area contributed by atoms with Gasteiger partial charge in [-0.15, -0.1) is 0 Å². The minimum atomic E-state index is -4.52. The van der Waals surface area contributed by atoms with Gasteiger partial charge < -0.3 is 19.6 Å². The Labute approximate surface area is 370 Å². The Bertz CT molecular complexity index is 2300. The number of carbonyl (C=O) groups is 2. The van der Waals surface area contributed by atoms with Gasteiger partial charge in [-0.25, -0.2) is 0 Å². The van der Waals surface area contributed by atoms with Crippen LogP contribution in [0.5, 0.6) is 11.5 Å². The minimum Gasteiger partial charge on any atom is -0.508 e. The zero-order valence-electron chi connectivity index (χ0n) is 36.9. The fourth-order valence-electron chi connectivity index (χ4n) is 9.96. The molecule has 8 rings (SSSR count). The summed E-state index contributed by atoms with van der Waals surface area (Å²) in [4.78, 5) is 41.1. The summed E-state index contributed by atoms with van der Waals surface area (Å²) in [6.45, 7) is 14.4. The molecule has 1 N–H and O–H groups in total. The highest BCUT2D eigenvalue weighted by molar-refractivity contribution is 5.94. The highest BCUT2D eigenvalue weighted by Gasteiger charge is 2.40. The van der Waals surface area contributed by atoms with Crippen LogP contribution in [0.2, 0.25) is 0 Å². The van der Waals surface area contributed by atoms with Gasteiger partial charge in [-0.3, -0.25) is 29.4 Å². The number of ether oxygens (including phenoxy) is 1. The number of nitrogens with zero attached hydrogens (tertiary/aromatic N) is 6. The molecular formula is C48H56F6N6O4. The molecule has 4 aromatic rings. The van der Waals surface area contributed by atoms with Crippen LogP contribution in [0.4, 0.5) is 26.3 Å². The molecule has 2 aromatic carbocycles. The number of rotatable bonds is 6. The van der Waals surface area contributed by atoms with E-state index in [0.29, 0.717) is 51.1 Å². The lowest BCUT2D eigenvalue weighted by Gasteiger charge is -2.48. The predicted octanol–water partition coefficient (Wildman–Crippen LogP) is 9.64. The van der Waals surface area contributed by atoms with Crippen molar-refractivity contribution in [3.63, 3.8) is 0 Å². The van der Waals surface area contributed by atoms with Crippen molar-refractivity contribution in [1.29, 1.82) is 0 Å². The molecule has 4 atom stereocenters. The van der Waals surface area contributed by atoms with Crippen LogP contribution in [-0.2, 0) is 12.4 Å². The van der Waals surface area contributed by atoms with Crippen molar-refractivity contribution in [1.82, 2.24) is 29.6 Å². The number of piperidine rings is 2. The van der Waals surface area contributed by atoms with Gasteiger partial charge in [0.15, 0.2) is 0 Å². The second-order valence-corrected chi connectivity index (χ2v) is 17.3. The lowest BCUT2D eigenvalue weighted by molar-refractivity contribution is -0.142. The molecule has 0 bridgehead atoms. The highest BCUT2D eigenvalue weighted by Crippen LogP contribution is 2.41. The molecular weight excluding hydrogens is 839 g/mol. The van der Waals surface area contributed by atoms with Crippen molar-refractivity contribution in [2.24, 2.45) is 0 Å². The molecule has 16 heteroatoms. The van der Waals surface area contributed by atoms with Crippen LogP contribution in [0.1, 0.15) is 123 Å². The Hall–Kier alpha value is -5.22. The minimum absolute atomic E-state index is 0.179. The summed E-state index contributed by atoms with van der Waals surface area (Å²) >= 11 is 0. The monoisotopic (exact) mass is 894 g/mol. The maximum atomic E-state index is 13.0. The second kappa shape index (κ2) is 19.1. The third-order valence-corrected chi connectivity index (χ3v) is 13.7. The number of halogens is 6. The van der Waals surface area contributed by atoms with Crippen molar-refractivity contribution in [3.05, 3.63) is 117 Å². The molecule has 4 aliphatic heterocycles. The zero-order valence-corrected chi connectivity index (χ0v) is 36.9. The third-order valence-electron chi connectivity index (χ3n) is 13.7. The van der Waals surface area contributed by atoms with E-state index < -0.39 is 23.7 Å². The summed E-state index contributed by atoms with van der Waals surface area (Å²) in [6, 6.07) is 13.1. The highest BCUT2D eigenvalue weighted by atomic mass is 19.4. The third kappa shape index (κ3) is 9.87. The van der Waals surface area contributed by atoms with Gasteiger partial charge in [-0.2, -0.15) is 26.3 Å². The quantitative estimate of drug-likeness (QED) is 0.191. The number of hydrogen-bond acceptors (Lipinski definition) is 8. The SMILES string of the molecule is CCOc1ccc([C@H]2CCC[C@H]3CN(C(=O)c4ccc(C(F)(F)F)nc4)CCN32)c(C)c1C.Cc1c(O)ccc([C@H]2CCC[C@H]3CN(C(=O)c4ccc(C(F)(F)F)nc4)CCN32)c1C. The van der Waals surface area contributed by atoms with Gasteiger partial charge >= 0.3 is 12.4 Å². The fourth-order valence-corrected chi connectivity index (χ4v) is 9.96. The van der Waals surface area contributed by atoms with E-state index >= 15 is 0 Å². The number of benzene rings is 2. The van der Waals surface area contributed by atoms with E-state index in [1.54, 1.807) is 15.9 Å². The number of carbonyl (C=O) groups excluding carboxylic acids is 2. The lowest BCUT2D eigenvalue weighted by Crippen LogP contribution is -2.57. The summed E-state index contributed by atoms with van der Waals surface area (Å²) in [5.74, 6) is 0.687. The van der Waals surface area contributed by atoms with Crippen molar-refractivity contribution in [2.45, 2.75) is 110 Å². The van der Waals surface area contributed by atoms with Gasteiger partial charge in [0.2, 0.25) is 0 Å². The van der Waals surface area contributed by atoms with Crippen molar-refractivity contribution < 1.29 is 45.8 Å². The van der Waals surface area contributed by atoms with E-state index in [1.165, 1.54) is 34.4 Å². The smallest absolute Gasteiger partial charge is 0.433 e. The number of amides is 2. The Morgan fingerprint density at radius 1 is 0.625 bits per heavy atom. The molecule has 4 fully saturated rings. The van der Waals surface area contributed by atoms with Gasteiger partial charge in [-0.1, -0.05) is 12.1 Å². The van der Waals surface area contributed by atoms with Crippen LogP contribution >= 0.6 is 0 Å². The molecule has 0 saturated carbocycles. The molecule has 0 radical (unpaired) electrons. The summed E-state index contributed by atoms with van der Waals surface area (Å²) in [5, 5.41) is 10.00. The Morgan fingerprint density at radius 3 is 1.50 bits per heavy atom. The van der Waals surface area contributed by atoms with E-state index in [4.69, 9.17) is 4.74 Å². The largest absolute Gasteiger partial charge is 0.508 e. The van der Waals surface area contributed by atoms with Gasteiger partial charge in [0.1, 0.15) is 22.9 Å². The number of phenols is 1. The first-order chi connectivity index (χ1) is 30.4. The number of hydrogen-bond donors (Lipinski definition) is 1. The molecule has 10 nitrogen and oxygen atoms in total. The van der Waals surface area contributed by atoms with Crippen molar-refractivity contribution >= 4 is 11.8 Å². The molecule has 64 heavy (non-hydrogen) atoms. The van der Waals surface area contributed by atoms with Gasteiger partial charge in [-0.05, 0) is 143 Å². The molecule has 0 aliphatic carbocycles. The number of piperazine rings is 2. The number of fused-ring (bicyclic) bond motifs is 2. The molecule has 6 heterocycles. The Balaban J connectivity index is 0.000000192. The number of aromatic nitrogens is 2. The van der Waals surface area contributed by atoms with Crippen LogP contribution in [-0.4, -0.2) is 104 Å². The van der Waals surface area contributed by atoms with Gasteiger partial charge in [0.05, 0.1) is 17.7 Å². The molecule has 4 saturated heterocycles. The normalized spacial score (nSPS) is 21.9. The summed E-state index contributed by atoms with van der Waals surface area (Å²) in [5.41, 5.74) is 5.33. The van der Waals surface area contributed by atoms with Crippen LogP contribution in [0.25, 0.3) is 0 Å². The molecule has 4 aliphatic rings. The number of pyridine rings is 2. The summed E-state index contributed by atoms with van der Waals surface area (Å²) in [7, 11) is 0. The maximum absolute atomic E-state index is 13.0. The van der Waals surface area contributed by atoms with Crippen LogP contribution in [0.15, 0.2) is 60.9 Å². The van der Waals surface area contributed by atoms with E-state index in [1.807, 2.05) is 26.8 Å². The first-order valence-corrected chi connectivity index (χ1v) is 22.1. The fraction of sp³-hybridized carbons (Fsp3) is 0.500. The van der Waals surface area contributed by atoms with Crippen molar-refractivity contribution in [3.8, 4) is 11.5 Å². The van der Waals surface area contributed by atoms with Gasteiger partial charge in [0, 0.05) is 75.8 Å². The predicted molar refractivity (Wildman–Crippen MR) is 229 cm³/mol. The van der Waals surface area contributed by atoms with Crippen LogP contribution < -0.4 is 4.74 Å². The molecule has 2 aromatic heterocycles. The molecule has 2 amide bonds. The average Bonchev–Trinajstić information content (AvgIpc) is 3.28. The van der Waals surface area contributed by atoms with Crippen LogP contribution in [0.3, 0.4) is 0 Å². The summed E-state index contributed by atoms with van der Waals surface area (Å²) in [6.07, 6.45) is -0.799. The van der Waals surface area contributed by atoms with Crippen molar-refractivity contribution in [2.75, 3.05) is 45.9 Å². The van der Waals surface area contributed by atoms with E-state index in [0.717, 1.165) is 86.5 Å². The number of alkyl halides is 6. The first kappa shape index (κ1) is 46.8. The first-order valence-electron chi connectivity index (χ1n) is 22.1. The van der Waals surface area contributed by atoms with E-state index in [9.17, 15) is 41.0 Å². The maximum Gasteiger partial charge on any atom is 0.433 e. The van der Waals surface area contributed by atoms with E-state index in [2.05, 4.69) is 45.7 Å². The Morgan fingerprint density at radius 2 is 1.08 bits per heavy atom. The lowest BCUT2D eigenvalue weighted by atomic mass is 9.86. The second-order valence-electron chi connectivity index (χ2n) is 17.3. The van der Waals surface area contributed by atoms with Gasteiger partial charge in [0.25, 0.3) is 11.8 Å². The summed E-state index contributed by atoms with van der Waals surface area (Å²) < 4.78 is 82.3. The van der Waals surface area contributed by atoms with Crippen LogP contribution in [0, 0.1) is 27.7 Å². The Kier molecular flexibility index (Phi) is 13.9. The number of aromatic hydroxyl groups is 1. The molecule has 0 spiro atoms. The van der Waals surface area contributed by atoms with E-state index in [-0.39, 0.29) is 41.1 Å².